The summed E-state index contributed by atoms with van der Waals surface area (Å²) in [5.41, 5.74) is 1.25. The minimum absolute atomic E-state index is 0.153. The number of hydrogen-bond acceptors (Lipinski definition) is 2. The van der Waals surface area contributed by atoms with E-state index in [0.29, 0.717) is 5.92 Å². The fraction of sp³-hybridized carbons (Fsp3) is 0.727. The second-order valence-corrected chi connectivity index (χ2v) is 8.34. The first kappa shape index (κ1) is 18.4. The van der Waals surface area contributed by atoms with Gasteiger partial charge < -0.3 is 0 Å². The molecule has 1 saturated carbocycles. The standard InChI is InChI=1S/C22H35N3/c1-3-4-5-9-14-19(18-12-7-6-8-13-18)22(2)16-11-10-15-20(22)21-17-23-25-24-21/h10-11,15-20H,3-9,12-14H2,1-2H3,(H,23,24,25). The van der Waals surface area contributed by atoms with Gasteiger partial charge in [-0.1, -0.05) is 95.9 Å². The minimum Gasteiger partial charge on any atom is -0.198 e. The molecule has 0 saturated heterocycles. The highest BCUT2D eigenvalue weighted by molar-refractivity contribution is 5.29. The summed E-state index contributed by atoms with van der Waals surface area (Å²) in [5, 5.41) is 11.4. The van der Waals surface area contributed by atoms with Gasteiger partial charge in [0.15, 0.2) is 0 Å². The molecule has 0 spiro atoms. The van der Waals surface area contributed by atoms with Crippen molar-refractivity contribution in [3.05, 3.63) is 36.2 Å². The molecular formula is C22H35N3. The quantitative estimate of drug-likeness (QED) is 0.573. The molecule has 25 heavy (non-hydrogen) atoms. The van der Waals surface area contributed by atoms with Gasteiger partial charge >= 0.3 is 0 Å². The molecule has 3 atom stereocenters. The molecular weight excluding hydrogens is 306 g/mol. The van der Waals surface area contributed by atoms with Gasteiger partial charge in [-0.15, -0.1) is 0 Å². The van der Waals surface area contributed by atoms with Crippen molar-refractivity contribution in [1.29, 1.82) is 0 Å². The van der Waals surface area contributed by atoms with E-state index in [1.807, 2.05) is 6.20 Å². The zero-order chi connectivity index (χ0) is 17.5. The Morgan fingerprint density at radius 3 is 2.72 bits per heavy atom. The fourth-order valence-corrected chi connectivity index (χ4v) is 5.26. The summed E-state index contributed by atoms with van der Waals surface area (Å²) in [7, 11) is 0. The van der Waals surface area contributed by atoms with Crippen LogP contribution in [0.3, 0.4) is 0 Å². The van der Waals surface area contributed by atoms with Crippen LogP contribution in [0.2, 0.25) is 0 Å². The van der Waals surface area contributed by atoms with Crippen LogP contribution in [-0.4, -0.2) is 15.4 Å². The Bertz CT molecular complexity index is 554. The number of aromatic amines is 1. The largest absolute Gasteiger partial charge is 0.198 e. The van der Waals surface area contributed by atoms with Crippen LogP contribution >= 0.6 is 0 Å². The van der Waals surface area contributed by atoms with Gasteiger partial charge in [-0.3, -0.25) is 0 Å². The van der Waals surface area contributed by atoms with Crippen molar-refractivity contribution in [2.24, 2.45) is 17.3 Å². The van der Waals surface area contributed by atoms with Gasteiger partial charge in [0.1, 0.15) is 0 Å². The average molecular weight is 342 g/mol. The second-order valence-electron chi connectivity index (χ2n) is 8.34. The van der Waals surface area contributed by atoms with E-state index in [1.165, 1.54) is 64.2 Å². The van der Waals surface area contributed by atoms with Crippen LogP contribution in [-0.2, 0) is 0 Å². The van der Waals surface area contributed by atoms with Crippen LogP contribution < -0.4 is 0 Å². The highest BCUT2D eigenvalue weighted by Crippen LogP contribution is 2.52. The molecule has 1 aromatic heterocycles. The Balaban J connectivity index is 1.83. The smallest absolute Gasteiger partial charge is 0.0901 e. The predicted octanol–water partition coefficient (Wildman–Crippen LogP) is 6.19. The van der Waals surface area contributed by atoms with E-state index in [4.69, 9.17) is 0 Å². The molecule has 0 amide bonds. The molecule has 2 aliphatic carbocycles. The number of hydrogen-bond donors (Lipinski definition) is 1. The fourth-order valence-electron chi connectivity index (χ4n) is 5.26. The molecule has 138 valence electrons. The average Bonchev–Trinajstić information content (AvgIpc) is 3.17. The van der Waals surface area contributed by atoms with Crippen molar-refractivity contribution in [1.82, 2.24) is 15.4 Å². The van der Waals surface area contributed by atoms with Crippen LogP contribution in [0.1, 0.15) is 89.7 Å². The first-order valence-electron chi connectivity index (χ1n) is 10.5. The topological polar surface area (TPSA) is 41.6 Å². The van der Waals surface area contributed by atoms with Crippen molar-refractivity contribution < 1.29 is 0 Å². The van der Waals surface area contributed by atoms with E-state index in [2.05, 4.69) is 53.6 Å². The molecule has 3 nitrogen and oxygen atoms in total. The highest BCUT2D eigenvalue weighted by Gasteiger charge is 2.44. The van der Waals surface area contributed by atoms with Crippen molar-refractivity contribution in [2.45, 2.75) is 84.0 Å². The number of rotatable bonds is 8. The van der Waals surface area contributed by atoms with Gasteiger partial charge in [-0.2, -0.15) is 15.4 Å². The summed E-state index contributed by atoms with van der Waals surface area (Å²) >= 11 is 0. The van der Waals surface area contributed by atoms with Gasteiger partial charge in [-0.05, 0) is 18.3 Å². The molecule has 3 heteroatoms. The van der Waals surface area contributed by atoms with E-state index in [1.54, 1.807) is 0 Å². The number of nitrogens with zero attached hydrogens (tertiary/aromatic N) is 2. The third-order valence-electron chi connectivity index (χ3n) is 6.68. The number of allylic oxidation sites excluding steroid dienone is 4. The molecule has 0 aromatic carbocycles. The van der Waals surface area contributed by atoms with Crippen molar-refractivity contribution >= 4 is 0 Å². The van der Waals surface area contributed by atoms with Crippen molar-refractivity contribution in [3.8, 4) is 0 Å². The van der Waals surface area contributed by atoms with Crippen molar-refractivity contribution in [3.63, 3.8) is 0 Å². The van der Waals surface area contributed by atoms with Gasteiger partial charge in [0.2, 0.25) is 0 Å². The number of nitrogens with one attached hydrogen (secondary N) is 1. The molecule has 1 fully saturated rings. The van der Waals surface area contributed by atoms with Crippen LogP contribution in [0.25, 0.3) is 0 Å². The van der Waals surface area contributed by atoms with E-state index < -0.39 is 0 Å². The maximum absolute atomic E-state index is 4.45. The first-order chi connectivity index (χ1) is 12.3. The molecule has 1 heterocycles. The van der Waals surface area contributed by atoms with E-state index in [0.717, 1.165) is 17.5 Å². The Labute approximate surface area is 153 Å². The second kappa shape index (κ2) is 8.82. The summed E-state index contributed by atoms with van der Waals surface area (Å²) in [6, 6.07) is 0. The van der Waals surface area contributed by atoms with Gasteiger partial charge in [-0.25, -0.2) is 0 Å². The van der Waals surface area contributed by atoms with Crippen LogP contribution in [0, 0.1) is 17.3 Å². The molecule has 0 bridgehead atoms. The Morgan fingerprint density at radius 2 is 2.00 bits per heavy atom. The molecule has 0 radical (unpaired) electrons. The lowest BCUT2D eigenvalue weighted by Gasteiger charge is -2.46. The summed E-state index contributed by atoms with van der Waals surface area (Å²) in [6.45, 7) is 4.78. The lowest BCUT2D eigenvalue weighted by Crippen LogP contribution is -2.38. The zero-order valence-electron chi connectivity index (χ0n) is 16.1. The Kier molecular flexibility index (Phi) is 6.50. The van der Waals surface area contributed by atoms with Crippen LogP contribution in [0.5, 0.6) is 0 Å². The van der Waals surface area contributed by atoms with Gasteiger partial charge in [0.25, 0.3) is 0 Å². The molecule has 3 rings (SSSR count). The molecule has 2 aliphatic rings. The van der Waals surface area contributed by atoms with Crippen LogP contribution in [0.4, 0.5) is 0 Å². The predicted molar refractivity (Wildman–Crippen MR) is 104 cm³/mol. The minimum atomic E-state index is 0.153. The Hall–Kier alpha value is -1.38. The first-order valence-corrected chi connectivity index (χ1v) is 10.5. The number of aromatic nitrogens is 3. The summed E-state index contributed by atoms with van der Waals surface area (Å²) in [4.78, 5) is 0. The SMILES string of the molecule is CCCCCCC(C1CCCCC1)C1(C)C=CC=CC1c1cn[nH]n1. The van der Waals surface area contributed by atoms with Crippen molar-refractivity contribution in [2.75, 3.05) is 0 Å². The molecule has 0 aliphatic heterocycles. The molecule has 3 unspecified atom stereocenters. The van der Waals surface area contributed by atoms with Gasteiger partial charge in [0.05, 0.1) is 11.9 Å². The summed E-state index contributed by atoms with van der Waals surface area (Å²) in [5.74, 6) is 1.95. The van der Waals surface area contributed by atoms with E-state index in [9.17, 15) is 0 Å². The third kappa shape index (κ3) is 4.24. The molecule has 1 N–H and O–H groups in total. The van der Waals surface area contributed by atoms with Crippen LogP contribution in [0.15, 0.2) is 30.5 Å². The third-order valence-corrected chi connectivity index (χ3v) is 6.68. The van der Waals surface area contributed by atoms with Gasteiger partial charge in [0, 0.05) is 11.3 Å². The normalized spacial score (nSPS) is 28.3. The monoisotopic (exact) mass is 341 g/mol. The lowest BCUT2D eigenvalue weighted by molar-refractivity contribution is 0.105. The zero-order valence-corrected chi connectivity index (χ0v) is 16.1. The number of H-pyrrole nitrogens is 1. The van der Waals surface area contributed by atoms with E-state index >= 15 is 0 Å². The maximum atomic E-state index is 4.45. The summed E-state index contributed by atoms with van der Waals surface area (Å²) in [6.07, 6.45) is 25.1. The van der Waals surface area contributed by atoms with E-state index in [-0.39, 0.29) is 5.41 Å². The lowest BCUT2D eigenvalue weighted by atomic mass is 9.58. The highest BCUT2D eigenvalue weighted by atomic mass is 15.3. The summed E-state index contributed by atoms with van der Waals surface area (Å²) < 4.78 is 0. The maximum Gasteiger partial charge on any atom is 0.0901 e. The number of unbranched alkanes of at least 4 members (excludes halogenated alkanes) is 3. The molecule has 1 aromatic rings. The Morgan fingerprint density at radius 1 is 1.16 bits per heavy atom.